The summed E-state index contributed by atoms with van der Waals surface area (Å²) in [5.41, 5.74) is 0.655. The Morgan fingerprint density at radius 2 is 1.84 bits per heavy atom. The van der Waals surface area contributed by atoms with Crippen LogP contribution in [0.15, 0.2) is 53.6 Å². The van der Waals surface area contributed by atoms with E-state index in [-0.39, 0.29) is 41.6 Å². The summed E-state index contributed by atoms with van der Waals surface area (Å²) in [4.78, 5) is 36.4. The van der Waals surface area contributed by atoms with Gasteiger partial charge in [-0.1, -0.05) is 18.2 Å². The van der Waals surface area contributed by atoms with Crippen LogP contribution in [0.3, 0.4) is 0 Å². The first-order valence-electron chi connectivity index (χ1n) is 9.13. The van der Waals surface area contributed by atoms with Gasteiger partial charge in [0.15, 0.2) is 18.1 Å². The van der Waals surface area contributed by atoms with Gasteiger partial charge in [-0.3, -0.25) is 9.59 Å². The van der Waals surface area contributed by atoms with Gasteiger partial charge in [0.05, 0.1) is 5.69 Å². The standard InChI is InChI=1S/C20H15F2N3O6/c21-20(22)30-15-8-6-12(10-16(15)31-20)23-17(26)11-29-19(28)14-7-9-18(27)25(24-14)13-4-2-1-3-5-13/h1-6,8,10H,7,9,11H2,(H,23,26). The number of halogens is 2. The fourth-order valence-corrected chi connectivity index (χ4v) is 2.91. The number of hydrogen-bond acceptors (Lipinski definition) is 7. The average molecular weight is 431 g/mol. The van der Waals surface area contributed by atoms with Crippen molar-refractivity contribution in [3.63, 3.8) is 0 Å². The smallest absolute Gasteiger partial charge is 0.451 e. The molecule has 4 rings (SSSR count). The fourth-order valence-electron chi connectivity index (χ4n) is 2.91. The molecular formula is C20H15F2N3O6. The second-order valence-corrected chi connectivity index (χ2v) is 6.54. The molecule has 31 heavy (non-hydrogen) atoms. The highest BCUT2D eigenvalue weighted by Crippen LogP contribution is 2.42. The number of anilines is 2. The highest BCUT2D eigenvalue weighted by atomic mass is 19.3. The first-order chi connectivity index (χ1) is 14.8. The Hall–Kier alpha value is -4.02. The second-order valence-electron chi connectivity index (χ2n) is 6.54. The Kier molecular flexibility index (Phi) is 5.24. The minimum absolute atomic E-state index is 0.00145. The zero-order valence-corrected chi connectivity index (χ0v) is 15.8. The zero-order chi connectivity index (χ0) is 22.0. The number of alkyl halides is 2. The molecule has 2 aromatic carbocycles. The third kappa shape index (κ3) is 4.60. The first kappa shape index (κ1) is 20.3. The summed E-state index contributed by atoms with van der Waals surface area (Å²) in [7, 11) is 0. The summed E-state index contributed by atoms with van der Waals surface area (Å²) >= 11 is 0. The number of carbonyl (C=O) groups is 3. The summed E-state index contributed by atoms with van der Waals surface area (Å²) in [6.45, 7) is -0.637. The van der Waals surface area contributed by atoms with Crippen molar-refractivity contribution in [3.8, 4) is 11.5 Å². The van der Waals surface area contributed by atoms with Crippen LogP contribution in [0.2, 0.25) is 0 Å². The van der Waals surface area contributed by atoms with E-state index in [0.717, 1.165) is 11.1 Å². The molecule has 9 nitrogen and oxygen atoms in total. The fraction of sp³-hybridized carbons (Fsp3) is 0.200. The molecule has 2 aromatic rings. The van der Waals surface area contributed by atoms with Crippen molar-refractivity contribution in [2.45, 2.75) is 19.1 Å². The molecule has 2 aliphatic heterocycles. The Morgan fingerprint density at radius 3 is 2.61 bits per heavy atom. The van der Waals surface area contributed by atoms with Gasteiger partial charge < -0.3 is 19.5 Å². The molecule has 160 valence electrons. The highest BCUT2D eigenvalue weighted by molar-refractivity contribution is 6.38. The monoisotopic (exact) mass is 431 g/mol. The van der Waals surface area contributed by atoms with Crippen LogP contribution in [0.5, 0.6) is 11.5 Å². The predicted molar refractivity (Wildman–Crippen MR) is 103 cm³/mol. The molecule has 0 fully saturated rings. The lowest BCUT2D eigenvalue weighted by atomic mass is 10.1. The summed E-state index contributed by atoms with van der Waals surface area (Å²) in [5.74, 6) is -2.21. The maximum atomic E-state index is 13.1. The Balaban J connectivity index is 1.35. The number of rotatable bonds is 5. The quantitative estimate of drug-likeness (QED) is 0.730. The lowest BCUT2D eigenvalue weighted by Gasteiger charge is -2.22. The summed E-state index contributed by atoms with van der Waals surface area (Å²) < 4.78 is 39.6. The SMILES string of the molecule is O=C(COC(=O)C1=NN(c2ccccc2)C(=O)CC1)Nc1ccc2c(c1)OC(F)(F)O2. The number of fused-ring (bicyclic) bond motifs is 1. The van der Waals surface area contributed by atoms with Crippen LogP contribution in [0.25, 0.3) is 0 Å². The van der Waals surface area contributed by atoms with Gasteiger partial charge in [-0.25, -0.2) is 9.80 Å². The van der Waals surface area contributed by atoms with Gasteiger partial charge in [-0.2, -0.15) is 5.10 Å². The van der Waals surface area contributed by atoms with E-state index in [2.05, 4.69) is 19.9 Å². The molecule has 11 heteroatoms. The van der Waals surface area contributed by atoms with Crippen LogP contribution in [-0.4, -0.2) is 36.4 Å². The number of nitrogens with zero attached hydrogens (tertiary/aromatic N) is 2. The molecule has 0 atom stereocenters. The Bertz CT molecular complexity index is 1070. The highest BCUT2D eigenvalue weighted by Gasteiger charge is 2.43. The maximum Gasteiger partial charge on any atom is 0.586 e. The maximum absolute atomic E-state index is 13.1. The lowest BCUT2D eigenvalue weighted by molar-refractivity contribution is -0.286. The van der Waals surface area contributed by atoms with E-state index in [1.807, 2.05) is 0 Å². The van der Waals surface area contributed by atoms with Crippen molar-refractivity contribution in [2.75, 3.05) is 16.9 Å². The molecule has 2 heterocycles. The predicted octanol–water partition coefficient (Wildman–Crippen LogP) is 2.67. The van der Waals surface area contributed by atoms with E-state index < -0.39 is 24.8 Å². The molecule has 0 saturated heterocycles. The van der Waals surface area contributed by atoms with Crippen LogP contribution in [0, 0.1) is 0 Å². The minimum atomic E-state index is -3.77. The van der Waals surface area contributed by atoms with Crippen molar-refractivity contribution in [1.29, 1.82) is 0 Å². The lowest BCUT2D eigenvalue weighted by Crippen LogP contribution is -2.35. The number of hydrogen-bond donors (Lipinski definition) is 1. The Morgan fingerprint density at radius 1 is 1.10 bits per heavy atom. The van der Waals surface area contributed by atoms with Crippen molar-refractivity contribution in [3.05, 3.63) is 48.5 Å². The van der Waals surface area contributed by atoms with E-state index in [0.29, 0.717) is 5.69 Å². The van der Waals surface area contributed by atoms with Crippen LogP contribution >= 0.6 is 0 Å². The van der Waals surface area contributed by atoms with Crippen molar-refractivity contribution in [2.24, 2.45) is 5.10 Å². The van der Waals surface area contributed by atoms with Gasteiger partial charge >= 0.3 is 12.3 Å². The van der Waals surface area contributed by atoms with Crippen LogP contribution in [-0.2, 0) is 19.1 Å². The summed E-state index contributed by atoms with van der Waals surface area (Å²) in [5, 5.41) is 7.55. The Labute approximate surface area is 174 Å². The molecule has 0 unspecified atom stereocenters. The second kappa shape index (κ2) is 8.01. The molecule has 0 aliphatic carbocycles. The van der Waals surface area contributed by atoms with Crippen molar-refractivity contribution in [1.82, 2.24) is 0 Å². The number of carbonyl (C=O) groups excluding carboxylic acids is 3. The van der Waals surface area contributed by atoms with Gasteiger partial charge in [-0.15, -0.1) is 8.78 Å². The van der Waals surface area contributed by atoms with E-state index in [4.69, 9.17) is 4.74 Å². The van der Waals surface area contributed by atoms with Gasteiger partial charge in [0, 0.05) is 24.6 Å². The third-order valence-electron chi connectivity index (χ3n) is 4.29. The number of amides is 2. The number of esters is 1. The van der Waals surface area contributed by atoms with Gasteiger partial charge in [-0.05, 0) is 24.3 Å². The summed E-state index contributed by atoms with van der Waals surface area (Å²) in [6, 6.07) is 12.3. The van der Waals surface area contributed by atoms with Gasteiger partial charge in [0.2, 0.25) is 5.91 Å². The van der Waals surface area contributed by atoms with Crippen molar-refractivity contribution >= 4 is 34.9 Å². The van der Waals surface area contributed by atoms with Crippen LogP contribution in [0.4, 0.5) is 20.2 Å². The topological polar surface area (TPSA) is 107 Å². The first-order valence-corrected chi connectivity index (χ1v) is 9.13. The minimum Gasteiger partial charge on any atom is -0.451 e. The third-order valence-corrected chi connectivity index (χ3v) is 4.29. The number of hydrazone groups is 1. The van der Waals surface area contributed by atoms with Gasteiger partial charge in [0.25, 0.3) is 5.91 Å². The van der Waals surface area contributed by atoms with E-state index >= 15 is 0 Å². The summed E-state index contributed by atoms with van der Waals surface area (Å²) in [6.07, 6.45) is -3.62. The number of ether oxygens (including phenoxy) is 3. The van der Waals surface area contributed by atoms with E-state index in [1.165, 1.54) is 12.1 Å². The van der Waals surface area contributed by atoms with Crippen molar-refractivity contribution < 1.29 is 37.4 Å². The van der Waals surface area contributed by atoms with E-state index in [9.17, 15) is 23.2 Å². The largest absolute Gasteiger partial charge is 0.586 e. The number of para-hydroxylation sites is 1. The average Bonchev–Trinajstić information content (AvgIpc) is 3.06. The van der Waals surface area contributed by atoms with Gasteiger partial charge in [0.1, 0.15) is 5.71 Å². The zero-order valence-electron chi connectivity index (χ0n) is 15.8. The molecular weight excluding hydrogens is 416 g/mol. The molecule has 0 radical (unpaired) electrons. The molecule has 0 spiro atoms. The van der Waals surface area contributed by atoms with Crippen LogP contribution in [0.1, 0.15) is 12.8 Å². The molecule has 0 saturated carbocycles. The molecule has 0 bridgehead atoms. The van der Waals surface area contributed by atoms with E-state index in [1.54, 1.807) is 30.3 Å². The van der Waals surface area contributed by atoms with Crippen LogP contribution < -0.4 is 19.8 Å². The molecule has 0 aromatic heterocycles. The normalized spacial score (nSPS) is 16.5. The molecule has 2 aliphatic rings. The molecule has 2 amide bonds. The number of nitrogens with one attached hydrogen (secondary N) is 1. The number of benzene rings is 2. The molecule has 1 N–H and O–H groups in total.